The third-order valence-corrected chi connectivity index (χ3v) is 4.04. The molecule has 0 N–H and O–H groups in total. The topological polar surface area (TPSA) is 55.8 Å². The van der Waals surface area contributed by atoms with Crippen LogP contribution in [-0.4, -0.2) is 42.8 Å². The predicted octanol–water partition coefficient (Wildman–Crippen LogP) is 3.85. The Labute approximate surface area is 141 Å². The van der Waals surface area contributed by atoms with Crippen molar-refractivity contribution in [1.82, 2.24) is 4.90 Å². The van der Waals surface area contributed by atoms with Gasteiger partial charge in [-0.15, -0.1) is 0 Å². The van der Waals surface area contributed by atoms with Gasteiger partial charge in [0.1, 0.15) is 5.60 Å². The average Bonchev–Trinajstić information content (AvgIpc) is 2.95. The van der Waals surface area contributed by atoms with Gasteiger partial charge in [0.25, 0.3) is 0 Å². The maximum absolute atomic E-state index is 12.1. The molecule has 2 rings (SSSR count). The third kappa shape index (κ3) is 4.38. The molecule has 1 heterocycles. The van der Waals surface area contributed by atoms with E-state index in [0.29, 0.717) is 23.7 Å². The van der Waals surface area contributed by atoms with Gasteiger partial charge >= 0.3 is 12.1 Å². The van der Waals surface area contributed by atoms with E-state index in [1.54, 1.807) is 17.0 Å². The van der Waals surface area contributed by atoms with Crippen molar-refractivity contribution in [3.63, 3.8) is 0 Å². The number of carbonyl (C=O) groups excluding carboxylic acids is 2. The Morgan fingerprint density at radius 3 is 2.61 bits per heavy atom. The lowest BCUT2D eigenvalue weighted by Gasteiger charge is -2.24. The maximum Gasteiger partial charge on any atom is 0.410 e. The highest BCUT2D eigenvalue weighted by Crippen LogP contribution is 2.31. The number of nitrogens with zero attached hydrogens (tertiary/aromatic N) is 1. The van der Waals surface area contributed by atoms with Crippen LogP contribution in [0.5, 0.6) is 0 Å². The lowest BCUT2D eigenvalue weighted by Crippen LogP contribution is -2.35. The first-order chi connectivity index (χ1) is 10.7. The zero-order chi connectivity index (χ0) is 17.2. The first-order valence-corrected chi connectivity index (χ1v) is 7.95. The first-order valence-electron chi connectivity index (χ1n) is 7.57. The molecule has 1 saturated heterocycles. The number of esters is 1. The summed E-state index contributed by atoms with van der Waals surface area (Å²) in [5, 5.41) is 0.364. The summed E-state index contributed by atoms with van der Waals surface area (Å²) in [6, 6.07) is 5.33. The molecule has 1 atom stereocenters. The predicted molar refractivity (Wildman–Crippen MR) is 88.0 cm³/mol. The van der Waals surface area contributed by atoms with Crippen molar-refractivity contribution in [2.75, 3.05) is 20.2 Å². The molecule has 5 nitrogen and oxygen atoms in total. The summed E-state index contributed by atoms with van der Waals surface area (Å²) in [4.78, 5) is 25.6. The highest BCUT2D eigenvalue weighted by atomic mass is 35.5. The number of ether oxygens (including phenoxy) is 2. The second-order valence-electron chi connectivity index (χ2n) is 6.64. The van der Waals surface area contributed by atoms with Crippen LogP contribution in [0.2, 0.25) is 5.02 Å². The molecule has 0 aromatic heterocycles. The van der Waals surface area contributed by atoms with Crippen molar-refractivity contribution in [3.8, 4) is 0 Å². The van der Waals surface area contributed by atoms with Crippen LogP contribution in [-0.2, 0) is 9.47 Å². The Balaban J connectivity index is 2.10. The Kier molecular flexibility index (Phi) is 5.19. The smallest absolute Gasteiger partial charge is 0.410 e. The molecule has 1 amide bonds. The van der Waals surface area contributed by atoms with Crippen LogP contribution in [0.1, 0.15) is 49.0 Å². The second kappa shape index (κ2) is 6.79. The molecule has 0 radical (unpaired) electrons. The van der Waals surface area contributed by atoms with Crippen LogP contribution in [0.4, 0.5) is 4.79 Å². The van der Waals surface area contributed by atoms with Gasteiger partial charge in [0.05, 0.1) is 17.7 Å². The molecule has 1 aromatic carbocycles. The van der Waals surface area contributed by atoms with Crippen LogP contribution in [0.3, 0.4) is 0 Å². The van der Waals surface area contributed by atoms with Gasteiger partial charge in [-0.1, -0.05) is 17.7 Å². The van der Waals surface area contributed by atoms with Gasteiger partial charge in [0.15, 0.2) is 0 Å². The monoisotopic (exact) mass is 339 g/mol. The minimum absolute atomic E-state index is 0.156. The van der Waals surface area contributed by atoms with E-state index in [1.807, 2.05) is 26.8 Å². The zero-order valence-corrected chi connectivity index (χ0v) is 14.6. The SMILES string of the molecule is COC(=O)c1cc(C2CCN(C(=O)OC(C)(C)C)C2)ccc1Cl. The number of carbonyl (C=O) groups is 2. The van der Waals surface area contributed by atoms with E-state index >= 15 is 0 Å². The van der Waals surface area contributed by atoms with E-state index < -0.39 is 11.6 Å². The second-order valence-corrected chi connectivity index (χ2v) is 7.05. The summed E-state index contributed by atoms with van der Waals surface area (Å²) < 4.78 is 10.1. The molecule has 1 aliphatic rings. The molecule has 126 valence electrons. The lowest BCUT2D eigenvalue weighted by atomic mass is 9.96. The minimum Gasteiger partial charge on any atom is -0.465 e. The van der Waals surface area contributed by atoms with Crippen molar-refractivity contribution in [3.05, 3.63) is 34.3 Å². The van der Waals surface area contributed by atoms with Gasteiger partial charge < -0.3 is 14.4 Å². The molecule has 0 spiro atoms. The summed E-state index contributed by atoms with van der Waals surface area (Å²) >= 11 is 6.04. The molecule has 1 aromatic rings. The highest BCUT2D eigenvalue weighted by molar-refractivity contribution is 6.33. The van der Waals surface area contributed by atoms with Crippen LogP contribution >= 0.6 is 11.6 Å². The number of amides is 1. The summed E-state index contributed by atoms with van der Waals surface area (Å²) in [5.41, 5.74) is 0.816. The quantitative estimate of drug-likeness (QED) is 0.768. The van der Waals surface area contributed by atoms with Crippen molar-refractivity contribution in [2.24, 2.45) is 0 Å². The Hall–Kier alpha value is -1.75. The van der Waals surface area contributed by atoms with E-state index in [9.17, 15) is 9.59 Å². The number of halogens is 1. The van der Waals surface area contributed by atoms with Gasteiger partial charge in [-0.3, -0.25) is 0 Å². The van der Waals surface area contributed by atoms with Crippen molar-refractivity contribution in [1.29, 1.82) is 0 Å². The van der Waals surface area contributed by atoms with Gasteiger partial charge in [-0.2, -0.15) is 0 Å². The number of methoxy groups -OCH3 is 1. The van der Waals surface area contributed by atoms with Crippen LogP contribution in [0.15, 0.2) is 18.2 Å². The molecular weight excluding hydrogens is 318 g/mol. The maximum atomic E-state index is 12.1. The van der Waals surface area contributed by atoms with Crippen LogP contribution in [0.25, 0.3) is 0 Å². The first kappa shape index (κ1) is 17.6. The van der Waals surface area contributed by atoms with Crippen molar-refractivity contribution >= 4 is 23.7 Å². The van der Waals surface area contributed by atoms with E-state index in [2.05, 4.69) is 0 Å². The van der Waals surface area contributed by atoms with Crippen LogP contribution < -0.4 is 0 Å². The van der Waals surface area contributed by atoms with Crippen molar-refractivity contribution in [2.45, 2.75) is 38.7 Å². The van der Waals surface area contributed by atoms with E-state index in [1.165, 1.54) is 7.11 Å². The number of hydrogen-bond acceptors (Lipinski definition) is 4. The van der Waals surface area contributed by atoms with E-state index in [4.69, 9.17) is 21.1 Å². The molecule has 1 fully saturated rings. The van der Waals surface area contributed by atoms with E-state index in [0.717, 1.165) is 12.0 Å². The normalized spacial score (nSPS) is 18.0. The molecule has 0 aliphatic carbocycles. The van der Waals surface area contributed by atoms with Gasteiger partial charge in [0.2, 0.25) is 0 Å². The largest absolute Gasteiger partial charge is 0.465 e. The summed E-state index contributed by atoms with van der Waals surface area (Å²) in [6.45, 7) is 6.74. The van der Waals surface area contributed by atoms with Gasteiger partial charge in [-0.25, -0.2) is 9.59 Å². The fourth-order valence-corrected chi connectivity index (χ4v) is 2.78. The zero-order valence-electron chi connectivity index (χ0n) is 13.9. The van der Waals surface area contributed by atoms with Gasteiger partial charge in [0, 0.05) is 19.0 Å². The summed E-state index contributed by atoms with van der Waals surface area (Å²) in [6.07, 6.45) is 0.517. The Morgan fingerprint density at radius 1 is 1.30 bits per heavy atom. The summed E-state index contributed by atoms with van der Waals surface area (Å²) in [5.74, 6) is -0.304. The minimum atomic E-state index is -0.506. The average molecular weight is 340 g/mol. The molecule has 0 saturated carbocycles. The number of rotatable bonds is 2. The molecule has 6 heteroatoms. The Morgan fingerprint density at radius 2 is 2.00 bits per heavy atom. The number of hydrogen-bond donors (Lipinski definition) is 0. The molecular formula is C17H22ClNO4. The molecule has 1 aliphatic heterocycles. The fourth-order valence-electron chi connectivity index (χ4n) is 2.59. The molecule has 1 unspecified atom stereocenters. The van der Waals surface area contributed by atoms with Crippen molar-refractivity contribution < 1.29 is 19.1 Å². The highest BCUT2D eigenvalue weighted by Gasteiger charge is 2.31. The van der Waals surface area contributed by atoms with E-state index in [-0.39, 0.29) is 12.0 Å². The number of likely N-dealkylation sites (tertiary alicyclic amines) is 1. The Bertz CT molecular complexity index is 609. The van der Waals surface area contributed by atoms with Gasteiger partial charge in [-0.05, 0) is 44.9 Å². The fraction of sp³-hybridized carbons (Fsp3) is 0.529. The molecule has 0 bridgehead atoms. The molecule has 23 heavy (non-hydrogen) atoms. The lowest BCUT2D eigenvalue weighted by molar-refractivity contribution is 0.0292. The third-order valence-electron chi connectivity index (χ3n) is 3.71. The summed E-state index contributed by atoms with van der Waals surface area (Å²) in [7, 11) is 1.32. The van der Waals surface area contributed by atoms with Crippen LogP contribution in [0, 0.1) is 0 Å². The standard InChI is InChI=1S/C17H22ClNO4/c1-17(2,3)23-16(21)19-8-7-12(10-19)11-5-6-14(18)13(9-11)15(20)22-4/h5-6,9,12H,7-8,10H2,1-4H3. The number of benzene rings is 1.